The molecule has 1 aromatic heterocycles. The van der Waals surface area contributed by atoms with E-state index in [1.54, 1.807) is 0 Å². The molecule has 0 saturated heterocycles. The fourth-order valence-electron chi connectivity index (χ4n) is 0.632. The molecule has 1 N–H and O–H groups in total. The van der Waals surface area contributed by atoms with Crippen molar-refractivity contribution in [3.8, 4) is 0 Å². The molecular weight excluding hydrogens is 196 g/mol. The Balaban J connectivity index is 3.16. The van der Waals surface area contributed by atoms with Gasteiger partial charge in [-0.15, -0.1) is 10.2 Å². The van der Waals surface area contributed by atoms with Gasteiger partial charge in [0.15, 0.2) is 20.6 Å². The number of rotatable bonds is 2. The number of aromatic nitrogens is 2. The Morgan fingerprint density at radius 1 is 1.38 bits per heavy atom. The van der Waals surface area contributed by atoms with Gasteiger partial charge in [-0.25, -0.2) is 13.2 Å². The van der Waals surface area contributed by atoms with Gasteiger partial charge in [-0.1, -0.05) is 0 Å². The largest absolute Gasteiger partial charge is 0.476 e. The summed E-state index contributed by atoms with van der Waals surface area (Å²) in [4.78, 5) is 10.3. The zero-order valence-corrected chi connectivity index (χ0v) is 7.45. The van der Waals surface area contributed by atoms with Crippen molar-refractivity contribution in [2.24, 2.45) is 0 Å². The molecular formula is C6H6N2O4S. The molecule has 0 aromatic carbocycles. The van der Waals surface area contributed by atoms with Gasteiger partial charge < -0.3 is 5.11 Å². The van der Waals surface area contributed by atoms with Crippen molar-refractivity contribution < 1.29 is 18.3 Å². The Morgan fingerprint density at radius 3 is 2.31 bits per heavy atom. The van der Waals surface area contributed by atoms with Gasteiger partial charge >= 0.3 is 5.97 Å². The van der Waals surface area contributed by atoms with Crippen LogP contribution in [0.25, 0.3) is 0 Å². The summed E-state index contributed by atoms with van der Waals surface area (Å²) in [7, 11) is -3.41. The lowest BCUT2D eigenvalue weighted by atomic mass is 10.4. The van der Waals surface area contributed by atoms with Crippen molar-refractivity contribution in [3.63, 3.8) is 0 Å². The number of hydrogen-bond acceptors (Lipinski definition) is 5. The van der Waals surface area contributed by atoms with E-state index in [9.17, 15) is 13.2 Å². The van der Waals surface area contributed by atoms with E-state index in [0.29, 0.717) is 0 Å². The van der Waals surface area contributed by atoms with Crippen LogP contribution >= 0.6 is 0 Å². The topological polar surface area (TPSA) is 97.2 Å². The van der Waals surface area contributed by atoms with Crippen LogP contribution in [0, 0.1) is 0 Å². The molecule has 0 unspecified atom stereocenters. The van der Waals surface area contributed by atoms with E-state index < -0.39 is 15.8 Å². The molecule has 1 aromatic rings. The molecule has 0 aliphatic carbocycles. The first kappa shape index (κ1) is 9.59. The summed E-state index contributed by atoms with van der Waals surface area (Å²) in [6.45, 7) is 0. The zero-order valence-electron chi connectivity index (χ0n) is 6.63. The summed E-state index contributed by atoms with van der Waals surface area (Å²) in [5.74, 6) is -1.24. The summed E-state index contributed by atoms with van der Waals surface area (Å²) in [6.07, 6.45) is 0.970. The molecule has 70 valence electrons. The van der Waals surface area contributed by atoms with Crippen molar-refractivity contribution in [2.45, 2.75) is 5.03 Å². The smallest absolute Gasteiger partial charge is 0.356 e. The van der Waals surface area contributed by atoms with Crippen molar-refractivity contribution in [2.75, 3.05) is 6.26 Å². The van der Waals surface area contributed by atoms with Gasteiger partial charge in [-0.05, 0) is 12.1 Å². The Labute approximate surface area is 74.2 Å². The van der Waals surface area contributed by atoms with Crippen molar-refractivity contribution >= 4 is 15.8 Å². The van der Waals surface area contributed by atoms with Gasteiger partial charge in [-0.3, -0.25) is 0 Å². The van der Waals surface area contributed by atoms with Crippen LogP contribution in [0.5, 0.6) is 0 Å². The Hall–Kier alpha value is -1.50. The number of hydrogen-bond donors (Lipinski definition) is 1. The molecule has 1 heterocycles. The first-order valence-electron chi connectivity index (χ1n) is 3.18. The van der Waals surface area contributed by atoms with Crippen molar-refractivity contribution in [1.29, 1.82) is 0 Å². The molecule has 13 heavy (non-hydrogen) atoms. The molecule has 0 atom stereocenters. The fourth-order valence-corrected chi connectivity index (χ4v) is 1.14. The van der Waals surface area contributed by atoms with Crippen LogP contribution in [0.1, 0.15) is 10.5 Å². The lowest BCUT2D eigenvalue weighted by Crippen LogP contribution is -2.06. The first-order valence-corrected chi connectivity index (χ1v) is 5.07. The molecule has 0 aliphatic rings. The minimum Gasteiger partial charge on any atom is -0.476 e. The second-order valence-corrected chi connectivity index (χ2v) is 4.30. The normalized spacial score (nSPS) is 11.2. The first-order chi connectivity index (χ1) is 5.91. The third-order valence-electron chi connectivity index (χ3n) is 1.24. The molecule has 0 radical (unpaired) electrons. The molecule has 0 fully saturated rings. The summed E-state index contributed by atoms with van der Waals surface area (Å²) >= 11 is 0. The van der Waals surface area contributed by atoms with Crippen LogP contribution in [0.3, 0.4) is 0 Å². The second-order valence-electron chi connectivity index (χ2n) is 2.33. The highest BCUT2D eigenvalue weighted by Gasteiger charge is 2.11. The van der Waals surface area contributed by atoms with Crippen LogP contribution in [-0.4, -0.2) is 35.9 Å². The second kappa shape index (κ2) is 3.09. The highest BCUT2D eigenvalue weighted by atomic mass is 32.2. The lowest BCUT2D eigenvalue weighted by molar-refractivity contribution is 0.0689. The van der Waals surface area contributed by atoms with E-state index in [4.69, 9.17) is 5.11 Å². The Morgan fingerprint density at radius 2 is 2.00 bits per heavy atom. The quantitative estimate of drug-likeness (QED) is 0.699. The van der Waals surface area contributed by atoms with Gasteiger partial charge in [0.25, 0.3) is 0 Å². The fraction of sp³-hybridized carbons (Fsp3) is 0.167. The van der Waals surface area contributed by atoms with Crippen molar-refractivity contribution in [3.05, 3.63) is 17.8 Å². The maximum atomic E-state index is 10.9. The zero-order chi connectivity index (χ0) is 10.1. The number of carbonyl (C=O) groups is 1. The maximum absolute atomic E-state index is 10.9. The lowest BCUT2D eigenvalue weighted by Gasteiger charge is -1.95. The van der Waals surface area contributed by atoms with Gasteiger partial charge in [0.1, 0.15) is 0 Å². The predicted molar refractivity (Wildman–Crippen MR) is 42.1 cm³/mol. The standard InChI is InChI=1S/C6H6N2O4S/c1-13(11,12)5-3-2-4(6(9)10)7-8-5/h2-3H,1H3,(H,9,10). The molecule has 1 rings (SSSR count). The number of carboxylic acids is 1. The predicted octanol–water partition coefficient (Wildman–Crippen LogP) is -0.422. The summed E-state index contributed by atoms with van der Waals surface area (Å²) in [5.41, 5.74) is -0.285. The number of carboxylic acid groups (broad SMARTS) is 1. The number of nitrogens with zero attached hydrogens (tertiary/aromatic N) is 2. The van der Waals surface area contributed by atoms with E-state index in [1.807, 2.05) is 0 Å². The Kier molecular flexibility index (Phi) is 2.28. The maximum Gasteiger partial charge on any atom is 0.356 e. The van der Waals surface area contributed by atoms with Gasteiger partial charge in [0, 0.05) is 6.26 Å². The van der Waals surface area contributed by atoms with E-state index in [1.165, 1.54) is 0 Å². The van der Waals surface area contributed by atoms with E-state index >= 15 is 0 Å². The SMILES string of the molecule is CS(=O)(=O)c1ccc(C(=O)O)nn1. The summed E-state index contributed by atoms with van der Waals surface area (Å²) in [5, 5.41) is 14.7. The molecule has 0 bridgehead atoms. The monoisotopic (exact) mass is 202 g/mol. The van der Waals surface area contributed by atoms with Gasteiger partial charge in [0.05, 0.1) is 0 Å². The number of sulfone groups is 1. The molecule has 0 saturated carbocycles. The van der Waals surface area contributed by atoms with Crippen LogP contribution in [0.15, 0.2) is 17.2 Å². The Bertz CT molecular complexity index is 422. The van der Waals surface area contributed by atoms with E-state index in [0.717, 1.165) is 18.4 Å². The van der Waals surface area contributed by atoms with Crippen molar-refractivity contribution in [1.82, 2.24) is 10.2 Å². The average molecular weight is 202 g/mol. The number of aromatic carboxylic acids is 1. The van der Waals surface area contributed by atoms with Gasteiger partial charge in [0.2, 0.25) is 0 Å². The van der Waals surface area contributed by atoms with Crippen LogP contribution in [0.2, 0.25) is 0 Å². The summed E-state index contributed by atoms with van der Waals surface area (Å²) < 4.78 is 21.7. The minimum atomic E-state index is -3.41. The third-order valence-corrected chi connectivity index (χ3v) is 2.22. The summed E-state index contributed by atoms with van der Waals surface area (Å²) in [6, 6.07) is 2.19. The highest BCUT2D eigenvalue weighted by molar-refractivity contribution is 7.90. The van der Waals surface area contributed by atoms with Crippen LogP contribution in [-0.2, 0) is 9.84 Å². The molecule has 0 amide bonds. The van der Waals surface area contributed by atoms with Crippen LogP contribution < -0.4 is 0 Å². The molecule has 6 nitrogen and oxygen atoms in total. The minimum absolute atomic E-state index is 0.238. The molecule has 7 heteroatoms. The third kappa shape index (κ3) is 2.22. The molecule has 0 spiro atoms. The highest BCUT2D eigenvalue weighted by Crippen LogP contribution is 2.03. The van der Waals surface area contributed by atoms with Gasteiger partial charge in [-0.2, -0.15) is 0 Å². The molecule has 0 aliphatic heterocycles. The van der Waals surface area contributed by atoms with E-state index in [2.05, 4.69) is 10.2 Å². The average Bonchev–Trinajstić information content (AvgIpc) is 2.03. The van der Waals surface area contributed by atoms with E-state index in [-0.39, 0.29) is 10.7 Å². The van der Waals surface area contributed by atoms with Crippen LogP contribution in [0.4, 0.5) is 0 Å².